The molecule has 7 heteroatoms. The van der Waals surface area contributed by atoms with E-state index in [1.165, 1.54) is 11.6 Å². The highest BCUT2D eigenvalue weighted by Crippen LogP contribution is 2.18. The maximum absolute atomic E-state index is 10.3. The fourth-order valence-electron chi connectivity index (χ4n) is 0.527. The van der Waals surface area contributed by atoms with Gasteiger partial charge in [-0.15, -0.1) is 5.10 Å². The zero-order valence-corrected chi connectivity index (χ0v) is 7.41. The molecule has 1 aromatic rings. The van der Waals surface area contributed by atoms with Crippen LogP contribution in [0.25, 0.3) is 0 Å². The summed E-state index contributed by atoms with van der Waals surface area (Å²) in [5, 5.41) is 20.7. The fraction of sp³-hybridized carbons (Fsp3) is 0.600. The Morgan fingerprint density at radius 2 is 2.42 bits per heavy atom. The molecule has 12 heavy (non-hydrogen) atoms. The molecule has 0 aliphatic heterocycles. The lowest BCUT2D eigenvalue weighted by Crippen LogP contribution is -2.31. The smallest absolute Gasteiger partial charge is 0.209 e. The van der Waals surface area contributed by atoms with E-state index >= 15 is 0 Å². The number of carbonyl (C=O) groups is 1. The van der Waals surface area contributed by atoms with Crippen molar-refractivity contribution in [2.75, 3.05) is 0 Å². The summed E-state index contributed by atoms with van der Waals surface area (Å²) in [6.07, 6.45) is 0. The number of thioether (sulfide) groups is 1. The molecular formula is C5H7N4O2S-. The average Bonchev–Trinajstić information content (AvgIpc) is 2.36. The molecule has 0 spiro atoms. The monoisotopic (exact) mass is 187 g/mol. The van der Waals surface area contributed by atoms with Gasteiger partial charge in [0.25, 0.3) is 0 Å². The standard InChI is InChI=1S/C5H8N4O2S/c1-3(4(10)11)12-5-6-7-8-9(5)2/h3H,1-2H3,(H,10,11)/p-1/t3-/m1/s1. The minimum absolute atomic E-state index is 0.465. The van der Waals surface area contributed by atoms with E-state index in [4.69, 9.17) is 0 Å². The molecule has 66 valence electrons. The third kappa shape index (κ3) is 1.94. The van der Waals surface area contributed by atoms with E-state index in [1.54, 1.807) is 7.05 Å². The number of carbonyl (C=O) groups excluding carboxylic acids is 1. The number of hydrogen-bond donors (Lipinski definition) is 0. The number of tetrazole rings is 1. The summed E-state index contributed by atoms with van der Waals surface area (Å²) in [6.45, 7) is 1.52. The van der Waals surface area contributed by atoms with Crippen LogP contribution in [0, 0.1) is 0 Å². The summed E-state index contributed by atoms with van der Waals surface area (Å²) in [4.78, 5) is 10.3. The summed E-state index contributed by atoms with van der Waals surface area (Å²) in [6, 6.07) is 0. The van der Waals surface area contributed by atoms with Crippen molar-refractivity contribution in [3.05, 3.63) is 0 Å². The Morgan fingerprint density at radius 3 is 2.83 bits per heavy atom. The lowest BCUT2D eigenvalue weighted by molar-refractivity contribution is -0.304. The predicted molar refractivity (Wildman–Crippen MR) is 39.1 cm³/mol. The largest absolute Gasteiger partial charge is 0.549 e. The van der Waals surface area contributed by atoms with Crippen LogP contribution >= 0.6 is 11.8 Å². The summed E-state index contributed by atoms with van der Waals surface area (Å²) in [5.41, 5.74) is 0. The van der Waals surface area contributed by atoms with Gasteiger partial charge < -0.3 is 9.90 Å². The maximum Gasteiger partial charge on any atom is 0.209 e. The van der Waals surface area contributed by atoms with E-state index < -0.39 is 11.2 Å². The van der Waals surface area contributed by atoms with Crippen LogP contribution in [0.2, 0.25) is 0 Å². The molecule has 0 fully saturated rings. The average molecular weight is 187 g/mol. The van der Waals surface area contributed by atoms with Crippen molar-refractivity contribution in [3.63, 3.8) is 0 Å². The third-order valence-electron chi connectivity index (χ3n) is 1.20. The van der Waals surface area contributed by atoms with Crippen molar-refractivity contribution in [2.45, 2.75) is 17.3 Å². The molecule has 0 amide bonds. The molecule has 6 nitrogen and oxygen atoms in total. The number of carboxylic acid groups (broad SMARTS) is 1. The lowest BCUT2D eigenvalue weighted by Gasteiger charge is -2.09. The molecule has 0 bridgehead atoms. The van der Waals surface area contributed by atoms with Crippen LogP contribution < -0.4 is 5.11 Å². The first-order valence-electron chi connectivity index (χ1n) is 3.21. The van der Waals surface area contributed by atoms with E-state index in [2.05, 4.69) is 15.5 Å². The zero-order valence-electron chi connectivity index (χ0n) is 6.59. The summed E-state index contributed by atoms with van der Waals surface area (Å²) < 4.78 is 1.41. The van der Waals surface area contributed by atoms with E-state index in [1.807, 2.05) is 0 Å². The topological polar surface area (TPSA) is 83.7 Å². The summed E-state index contributed by atoms with van der Waals surface area (Å²) in [5.74, 6) is -1.12. The Kier molecular flexibility index (Phi) is 2.64. The van der Waals surface area contributed by atoms with E-state index in [-0.39, 0.29) is 0 Å². The molecule has 0 unspecified atom stereocenters. The van der Waals surface area contributed by atoms with Crippen LogP contribution in [0.4, 0.5) is 0 Å². The van der Waals surface area contributed by atoms with E-state index in [0.29, 0.717) is 5.16 Å². The van der Waals surface area contributed by atoms with Gasteiger partial charge in [-0.05, 0) is 17.4 Å². The molecule has 0 aromatic carbocycles. The van der Waals surface area contributed by atoms with Crippen LogP contribution in [0.15, 0.2) is 5.16 Å². The molecule has 0 radical (unpaired) electrons. The maximum atomic E-state index is 10.3. The van der Waals surface area contributed by atoms with E-state index in [9.17, 15) is 9.90 Å². The Bertz CT molecular complexity index is 287. The van der Waals surface area contributed by atoms with Crippen molar-refractivity contribution in [2.24, 2.45) is 7.05 Å². The molecule has 0 saturated heterocycles. The van der Waals surface area contributed by atoms with Crippen LogP contribution in [0.3, 0.4) is 0 Å². The number of aryl methyl sites for hydroxylation is 1. The second-order valence-corrected chi connectivity index (χ2v) is 3.47. The second-order valence-electron chi connectivity index (χ2n) is 2.16. The molecule has 1 aromatic heterocycles. The second kappa shape index (κ2) is 3.53. The number of nitrogens with zero attached hydrogens (tertiary/aromatic N) is 4. The predicted octanol–water partition coefficient (Wildman–Crippen LogP) is -1.56. The highest BCUT2D eigenvalue weighted by molar-refractivity contribution is 8.00. The van der Waals surface area contributed by atoms with Gasteiger partial charge in [0.05, 0.1) is 5.97 Å². The Balaban J connectivity index is 2.64. The van der Waals surface area contributed by atoms with Crippen molar-refractivity contribution >= 4 is 17.7 Å². The van der Waals surface area contributed by atoms with Crippen LogP contribution in [0.5, 0.6) is 0 Å². The molecule has 1 rings (SSSR count). The zero-order chi connectivity index (χ0) is 9.14. The molecule has 1 heterocycles. The van der Waals surface area contributed by atoms with Gasteiger partial charge in [-0.2, -0.15) is 0 Å². The Morgan fingerprint density at radius 1 is 1.75 bits per heavy atom. The van der Waals surface area contributed by atoms with Gasteiger partial charge in [0.1, 0.15) is 0 Å². The number of rotatable bonds is 3. The summed E-state index contributed by atoms with van der Waals surface area (Å²) >= 11 is 1.05. The van der Waals surface area contributed by atoms with Gasteiger partial charge >= 0.3 is 0 Å². The van der Waals surface area contributed by atoms with Crippen molar-refractivity contribution < 1.29 is 9.90 Å². The molecule has 0 saturated carbocycles. The lowest BCUT2D eigenvalue weighted by atomic mass is 10.5. The Hall–Kier alpha value is -1.11. The van der Waals surface area contributed by atoms with Gasteiger partial charge in [0.15, 0.2) is 0 Å². The van der Waals surface area contributed by atoms with Crippen molar-refractivity contribution in [1.29, 1.82) is 0 Å². The Labute approximate surface area is 73.0 Å². The highest BCUT2D eigenvalue weighted by atomic mass is 32.2. The first-order valence-corrected chi connectivity index (χ1v) is 4.09. The molecular weight excluding hydrogens is 180 g/mol. The number of carboxylic acids is 1. The quantitative estimate of drug-likeness (QED) is 0.532. The van der Waals surface area contributed by atoms with Crippen LogP contribution in [-0.2, 0) is 11.8 Å². The highest BCUT2D eigenvalue weighted by Gasteiger charge is 2.09. The van der Waals surface area contributed by atoms with Gasteiger partial charge in [-0.25, -0.2) is 4.68 Å². The fourth-order valence-corrected chi connectivity index (χ4v) is 1.21. The van der Waals surface area contributed by atoms with Gasteiger partial charge in [-0.3, -0.25) is 0 Å². The normalized spacial score (nSPS) is 12.8. The molecule has 1 atom stereocenters. The minimum Gasteiger partial charge on any atom is -0.549 e. The van der Waals surface area contributed by atoms with Crippen LogP contribution in [-0.4, -0.2) is 31.4 Å². The summed E-state index contributed by atoms with van der Waals surface area (Å²) in [7, 11) is 1.64. The van der Waals surface area contributed by atoms with Gasteiger partial charge in [-0.1, -0.05) is 11.8 Å². The molecule has 0 aliphatic rings. The van der Waals surface area contributed by atoms with Crippen LogP contribution in [0.1, 0.15) is 6.92 Å². The number of aliphatic carboxylic acids is 1. The molecule has 0 N–H and O–H groups in total. The third-order valence-corrected chi connectivity index (χ3v) is 2.30. The molecule has 0 aliphatic carbocycles. The first-order chi connectivity index (χ1) is 5.61. The number of hydrogen-bond acceptors (Lipinski definition) is 6. The first kappa shape index (κ1) is 8.98. The SMILES string of the molecule is C[C@@H](Sc1nnnn1C)C(=O)[O-]. The van der Waals surface area contributed by atoms with Crippen molar-refractivity contribution in [3.8, 4) is 0 Å². The minimum atomic E-state index is -1.12. The number of aromatic nitrogens is 4. The van der Waals surface area contributed by atoms with Crippen molar-refractivity contribution in [1.82, 2.24) is 20.2 Å². The van der Waals surface area contributed by atoms with Gasteiger partial charge in [0, 0.05) is 12.3 Å². The van der Waals surface area contributed by atoms with E-state index in [0.717, 1.165) is 11.8 Å². The van der Waals surface area contributed by atoms with Gasteiger partial charge in [0.2, 0.25) is 5.16 Å².